The van der Waals surface area contributed by atoms with Crippen molar-refractivity contribution in [3.8, 4) is 11.5 Å². The minimum absolute atomic E-state index is 0.110. The van der Waals surface area contributed by atoms with Crippen LogP contribution in [-0.4, -0.2) is 29.2 Å². The van der Waals surface area contributed by atoms with Crippen molar-refractivity contribution in [1.29, 1.82) is 0 Å². The van der Waals surface area contributed by atoms with Gasteiger partial charge in [0, 0.05) is 14.2 Å². The van der Waals surface area contributed by atoms with E-state index >= 15 is 0 Å². The SMILES string of the molecule is COC(C)(OC)c1cc(-c2cnco2)nc(N)n1. The molecule has 2 aromatic rings. The number of rotatable bonds is 4. The number of methoxy groups -OCH3 is 2. The second-order valence-corrected chi connectivity index (χ2v) is 3.72. The first-order chi connectivity index (χ1) is 8.59. The Bertz CT molecular complexity index is 523. The molecule has 96 valence electrons. The first-order valence-corrected chi connectivity index (χ1v) is 5.23. The molecule has 0 unspecified atom stereocenters. The molecule has 0 spiro atoms. The lowest BCUT2D eigenvalue weighted by atomic mass is 10.1. The topological polar surface area (TPSA) is 96.3 Å². The van der Waals surface area contributed by atoms with Crippen molar-refractivity contribution in [2.45, 2.75) is 12.7 Å². The van der Waals surface area contributed by atoms with Crippen molar-refractivity contribution < 1.29 is 13.9 Å². The third-order valence-corrected chi connectivity index (χ3v) is 2.67. The zero-order chi connectivity index (χ0) is 13.2. The number of hydrogen-bond donors (Lipinski definition) is 1. The number of oxazole rings is 1. The van der Waals surface area contributed by atoms with E-state index in [2.05, 4.69) is 15.0 Å². The average molecular weight is 250 g/mol. The molecule has 0 aromatic carbocycles. The molecule has 7 nitrogen and oxygen atoms in total. The van der Waals surface area contributed by atoms with E-state index < -0.39 is 5.79 Å². The minimum atomic E-state index is -0.994. The Morgan fingerprint density at radius 1 is 1.28 bits per heavy atom. The molecule has 18 heavy (non-hydrogen) atoms. The maximum Gasteiger partial charge on any atom is 0.221 e. The molecular formula is C11H14N4O3. The molecule has 0 radical (unpaired) electrons. The quantitative estimate of drug-likeness (QED) is 0.813. The van der Waals surface area contributed by atoms with Crippen LogP contribution in [0.1, 0.15) is 12.6 Å². The van der Waals surface area contributed by atoms with Crippen molar-refractivity contribution in [3.05, 3.63) is 24.4 Å². The van der Waals surface area contributed by atoms with Crippen LogP contribution in [0.5, 0.6) is 0 Å². The van der Waals surface area contributed by atoms with Gasteiger partial charge in [-0.05, 0) is 13.0 Å². The van der Waals surface area contributed by atoms with Crippen LogP contribution in [0.25, 0.3) is 11.5 Å². The molecule has 7 heteroatoms. The van der Waals surface area contributed by atoms with Gasteiger partial charge in [-0.25, -0.2) is 15.0 Å². The van der Waals surface area contributed by atoms with Crippen molar-refractivity contribution >= 4 is 5.95 Å². The van der Waals surface area contributed by atoms with Gasteiger partial charge in [-0.2, -0.15) is 0 Å². The van der Waals surface area contributed by atoms with Gasteiger partial charge >= 0.3 is 0 Å². The van der Waals surface area contributed by atoms with E-state index in [-0.39, 0.29) is 5.95 Å². The summed E-state index contributed by atoms with van der Waals surface area (Å²) in [5.74, 6) is -0.384. The minimum Gasteiger partial charge on any atom is -0.442 e. The van der Waals surface area contributed by atoms with E-state index in [4.69, 9.17) is 19.6 Å². The highest BCUT2D eigenvalue weighted by atomic mass is 16.7. The molecule has 0 amide bonds. The molecule has 0 atom stereocenters. The van der Waals surface area contributed by atoms with Gasteiger partial charge in [-0.1, -0.05) is 0 Å². The summed E-state index contributed by atoms with van der Waals surface area (Å²) in [7, 11) is 3.05. The Morgan fingerprint density at radius 2 is 2.00 bits per heavy atom. The lowest BCUT2D eigenvalue weighted by Gasteiger charge is -2.25. The van der Waals surface area contributed by atoms with Gasteiger partial charge in [-0.3, -0.25) is 0 Å². The van der Waals surface area contributed by atoms with Crippen molar-refractivity contribution in [2.75, 3.05) is 20.0 Å². The van der Waals surface area contributed by atoms with Gasteiger partial charge in [0.15, 0.2) is 12.2 Å². The van der Waals surface area contributed by atoms with Crippen LogP contribution in [0, 0.1) is 0 Å². The molecule has 0 aliphatic carbocycles. The largest absolute Gasteiger partial charge is 0.442 e. The lowest BCUT2D eigenvalue weighted by Crippen LogP contribution is -2.28. The Balaban J connectivity index is 2.51. The second kappa shape index (κ2) is 4.71. The third kappa shape index (κ3) is 2.18. The fourth-order valence-electron chi connectivity index (χ4n) is 1.46. The van der Waals surface area contributed by atoms with E-state index in [0.29, 0.717) is 17.1 Å². The Hall–Kier alpha value is -1.99. The summed E-state index contributed by atoms with van der Waals surface area (Å²) < 4.78 is 15.7. The molecule has 0 fully saturated rings. The highest BCUT2D eigenvalue weighted by Gasteiger charge is 2.29. The number of nitrogens with zero attached hydrogens (tertiary/aromatic N) is 3. The summed E-state index contributed by atoms with van der Waals surface area (Å²) in [6.07, 6.45) is 2.86. The van der Waals surface area contributed by atoms with Crippen LogP contribution in [-0.2, 0) is 15.3 Å². The number of nitrogens with two attached hydrogens (primary N) is 1. The summed E-state index contributed by atoms with van der Waals surface area (Å²) in [5, 5.41) is 0. The zero-order valence-corrected chi connectivity index (χ0v) is 10.4. The molecular weight excluding hydrogens is 236 g/mol. The summed E-state index contributed by atoms with van der Waals surface area (Å²) in [4.78, 5) is 12.0. The van der Waals surface area contributed by atoms with E-state index in [1.165, 1.54) is 20.6 Å². The number of aromatic nitrogens is 3. The molecule has 0 aliphatic heterocycles. The maximum absolute atomic E-state index is 5.68. The fraction of sp³-hybridized carbons (Fsp3) is 0.364. The second-order valence-electron chi connectivity index (χ2n) is 3.72. The van der Waals surface area contributed by atoms with Gasteiger partial charge in [0.25, 0.3) is 0 Å². The van der Waals surface area contributed by atoms with Crippen molar-refractivity contribution in [1.82, 2.24) is 15.0 Å². The Labute approximate surface area is 104 Å². The smallest absolute Gasteiger partial charge is 0.221 e. The summed E-state index contributed by atoms with van der Waals surface area (Å²) >= 11 is 0. The Morgan fingerprint density at radius 3 is 2.56 bits per heavy atom. The molecule has 0 bridgehead atoms. The van der Waals surface area contributed by atoms with Crippen LogP contribution in [0.15, 0.2) is 23.1 Å². The van der Waals surface area contributed by atoms with Crippen LogP contribution in [0.2, 0.25) is 0 Å². The number of nitrogen functional groups attached to an aromatic ring is 1. The van der Waals surface area contributed by atoms with Crippen LogP contribution in [0.3, 0.4) is 0 Å². The monoisotopic (exact) mass is 250 g/mol. The predicted molar refractivity (Wildman–Crippen MR) is 63.3 cm³/mol. The summed E-state index contributed by atoms with van der Waals surface area (Å²) in [5.41, 5.74) is 6.71. The molecule has 0 saturated heterocycles. The normalized spacial score (nSPS) is 11.7. The van der Waals surface area contributed by atoms with Gasteiger partial charge in [0.2, 0.25) is 11.7 Å². The van der Waals surface area contributed by atoms with E-state index in [1.807, 2.05) is 0 Å². The molecule has 0 saturated carbocycles. The number of hydrogen-bond acceptors (Lipinski definition) is 7. The maximum atomic E-state index is 5.68. The van der Waals surface area contributed by atoms with Crippen LogP contribution < -0.4 is 5.73 Å². The molecule has 2 N–H and O–H groups in total. The third-order valence-electron chi connectivity index (χ3n) is 2.67. The van der Waals surface area contributed by atoms with Crippen molar-refractivity contribution in [3.63, 3.8) is 0 Å². The predicted octanol–water partition coefficient (Wildman–Crippen LogP) is 1.18. The molecule has 2 aromatic heterocycles. The number of ether oxygens (including phenoxy) is 2. The first kappa shape index (κ1) is 12.5. The summed E-state index contributed by atoms with van der Waals surface area (Å²) in [6, 6.07) is 1.68. The fourth-order valence-corrected chi connectivity index (χ4v) is 1.46. The zero-order valence-electron chi connectivity index (χ0n) is 10.4. The Kier molecular flexibility index (Phi) is 3.26. The van der Waals surface area contributed by atoms with Gasteiger partial charge in [0.1, 0.15) is 11.4 Å². The van der Waals surface area contributed by atoms with E-state index in [9.17, 15) is 0 Å². The number of anilines is 1. The van der Waals surface area contributed by atoms with Crippen LogP contribution in [0.4, 0.5) is 5.95 Å². The van der Waals surface area contributed by atoms with E-state index in [1.54, 1.807) is 19.2 Å². The standard InChI is InChI=1S/C11H14N4O3/c1-11(16-2,17-3)9-4-7(14-10(12)15-9)8-5-13-6-18-8/h4-6H,1-3H3,(H2,12,14,15). The van der Waals surface area contributed by atoms with Gasteiger partial charge in [0.05, 0.1) is 6.20 Å². The van der Waals surface area contributed by atoms with Crippen LogP contribution >= 0.6 is 0 Å². The van der Waals surface area contributed by atoms with Gasteiger partial charge in [-0.15, -0.1) is 0 Å². The summed E-state index contributed by atoms with van der Waals surface area (Å²) in [6.45, 7) is 1.74. The molecule has 2 rings (SSSR count). The highest BCUT2D eigenvalue weighted by Crippen LogP contribution is 2.27. The average Bonchev–Trinajstić information content (AvgIpc) is 2.91. The van der Waals surface area contributed by atoms with Gasteiger partial charge < -0.3 is 19.6 Å². The van der Waals surface area contributed by atoms with Crippen molar-refractivity contribution in [2.24, 2.45) is 0 Å². The highest BCUT2D eigenvalue weighted by molar-refractivity contribution is 5.53. The molecule has 0 aliphatic rings. The molecule has 2 heterocycles. The first-order valence-electron chi connectivity index (χ1n) is 5.23. The lowest BCUT2D eigenvalue weighted by molar-refractivity contribution is -0.204. The van der Waals surface area contributed by atoms with E-state index in [0.717, 1.165) is 0 Å².